The topological polar surface area (TPSA) is 76.6 Å². The molecule has 0 saturated heterocycles. The zero-order valence-corrected chi connectivity index (χ0v) is 9.33. The van der Waals surface area contributed by atoms with E-state index in [2.05, 4.69) is 15.0 Å². The molecule has 1 aliphatic heterocycles. The van der Waals surface area contributed by atoms with Gasteiger partial charge in [-0.25, -0.2) is 9.50 Å². The maximum atomic E-state index is 10.7. The molecule has 0 amide bonds. The van der Waals surface area contributed by atoms with Crippen molar-refractivity contribution >= 4 is 11.3 Å². The number of hydrogen-bond donors (Lipinski definition) is 0. The lowest BCUT2D eigenvalue weighted by atomic mass is 10.1. The van der Waals surface area contributed by atoms with Gasteiger partial charge in [0, 0.05) is 25.1 Å². The number of nitro groups is 1. The van der Waals surface area contributed by atoms with Crippen LogP contribution in [0.2, 0.25) is 0 Å². The fourth-order valence-corrected chi connectivity index (χ4v) is 2.12. The molecule has 88 valence electrons. The third-order valence-corrected chi connectivity index (χ3v) is 3.01. The molecule has 0 saturated carbocycles. The summed E-state index contributed by atoms with van der Waals surface area (Å²) in [7, 11) is 2.04. The zero-order valence-electron chi connectivity index (χ0n) is 9.33. The Morgan fingerprint density at radius 1 is 1.53 bits per heavy atom. The Balaban J connectivity index is 2.18. The predicted molar refractivity (Wildman–Crippen MR) is 59.7 cm³/mol. The second-order valence-corrected chi connectivity index (χ2v) is 4.25. The van der Waals surface area contributed by atoms with Crippen molar-refractivity contribution in [2.75, 3.05) is 13.6 Å². The summed E-state index contributed by atoms with van der Waals surface area (Å²) in [6, 6.07) is 0. The summed E-state index contributed by atoms with van der Waals surface area (Å²) < 4.78 is 1.52. The minimum atomic E-state index is -0.459. The number of aromatic nitrogens is 3. The van der Waals surface area contributed by atoms with Gasteiger partial charge in [-0.1, -0.05) is 0 Å². The van der Waals surface area contributed by atoms with E-state index in [1.807, 2.05) is 7.05 Å². The van der Waals surface area contributed by atoms with Crippen molar-refractivity contribution in [1.29, 1.82) is 0 Å². The molecule has 0 spiro atoms. The molecule has 3 heterocycles. The first kappa shape index (κ1) is 10.2. The molecule has 0 fully saturated rings. The van der Waals surface area contributed by atoms with Crippen LogP contribution >= 0.6 is 0 Å². The van der Waals surface area contributed by atoms with Gasteiger partial charge in [0.1, 0.15) is 12.4 Å². The lowest BCUT2D eigenvalue weighted by molar-refractivity contribution is -0.385. The number of hydrogen-bond acceptors (Lipinski definition) is 5. The van der Waals surface area contributed by atoms with Crippen molar-refractivity contribution in [3.63, 3.8) is 0 Å². The van der Waals surface area contributed by atoms with Crippen molar-refractivity contribution < 1.29 is 4.92 Å². The molecule has 1 aliphatic rings. The molecule has 0 bridgehead atoms. The Bertz CT molecular complexity index is 606. The van der Waals surface area contributed by atoms with E-state index < -0.39 is 4.92 Å². The first-order valence-corrected chi connectivity index (χ1v) is 5.34. The third kappa shape index (κ3) is 1.55. The van der Waals surface area contributed by atoms with E-state index in [-0.39, 0.29) is 5.69 Å². The molecular weight excluding hydrogens is 222 g/mol. The first-order valence-electron chi connectivity index (χ1n) is 5.34. The maximum absolute atomic E-state index is 10.7. The van der Waals surface area contributed by atoms with Crippen LogP contribution in [-0.2, 0) is 13.0 Å². The van der Waals surface area contributed by atoms with Crippen molar-refractivity contribution in [1.82, 2.24) is 19.5 Å². The Labute approximate surface area is 96.8 Å². The fraction of sp³-hybridized carbons (Fsp3) is 0.400. The van der Waals surface area contributed by atoms with Crippen molar-refractivity contribution in [3.05, 3.63) is 33.8 Å². The molecule has 2 aromatic heterocycles. The average molecular weight is 233 g/mol. The summed E-state index contributed by atoms with van der Waals surface area (Å²) in [4.78, 5) is 16.5. The van der Waals surface area contributed by atoms with Crippen molar-refractivity contribution in [2.24, 2.45) is 0 Å². The standard InChI is InChI=1S/C10H11N5O2/c1-13-3-2-9-8(6-13)10-11-4-7(15(16)17)5-14(10)12-9/h4-5H,2-3,6H2,1H3. The highest BCUT2D eigenvalue weighted by Gasteiger charge is 2.21. The van der Waals surface area contributed by atoms with E-state index in [9.17, 15) is 10.1 Å². The number of rotatable bonds is 1. The summed E-state index contributed by atoms with van der Waals surface area (Å²) in [5.74, 6) is 0. The zero-order chi connectivity index (χ0) is 12.0. The summed E-state index contributed by atoms with van der Waals surface area (Å²) in [5.41, 5.74) is 2.76. The highest BCUT2D eigenvalue weighted by atomic mass is 16.6. The summed E-state index contributed by atoms with van der Waals surface area (Å²) in [6.45, 7) is 1.75. The van der Waals surface area contributed by atoms with E-state index in [4.69, 9.17) is 0 Å². The van der Waals surface area contributed by atoms with E-state index in [0.717, 1.165) is 36.4 Å². The highest BCUT2D eigenvalue weighted by molar-refractivity contribution is 5.52. The predicted octanol–water partition coefficient (Wildman–Crippen LogP) is 0.625. The Hall–Kier alpha value is -2.02. The number of nitrogens with zero attached hydrogens (tertiary/aromatic N) is 5. The highest BCUT2D eigenvalue weighted by Crippen LogP contribution is 2.22. The molecule has 7 nitrogen and oxygen atoms in total. The van der Waals surface area contributed by atoms with Crippen LogP contribution in [-0.4, -0.2) is 38.0 Å². The molecule has 0 atom stereocenters. The lowest BCUT2D eigenvalue weighted by Crippen LogP contribution is -2.26. The van der Waals surface area contributed by atoms with Crippen molar-refractivity contribution in [2.45, 2.75) is 13.0 Å². The van der Waals surface area contributed by atoms with E-state index in [1.165, 1.54) is 16.9 Å². The van der Waals surface area contributed by atoms with E-state index in [0.29, 0.717) is 0 Å². The summed E-state index contributed by atoms with van der Waals surface area (Å²) in [5, 5.41) is 15.0. The van der Waals surface area contributed by atoms with Crippen LogP contribution in [0.25, 0.3) is 5.65 Å². The Morgan fingerprint density at radius 2 is 2.35 bits per heavy atom. The summed E-state index contributed by atoms with van der Waals surface area (Å²) in [6.07, 6.45) is 3.57. The van der Waals surface area contributed by atoms with Gasteiger partial charge in [0.15, 0.2) is 5.65 Å². The monoisotopic (exact) mass is 233 g/mol. The van der Waals surface area contributed by atoms with Crippen LogP contribution in [0, 0.1) is 10.1 Å². The molecule has 2 aromatic rings. The molecule has 7 heteroatoms. The van der Waals surface area contributed by atoms with Crippen LogP contribution in [0.4, 0.5) is 5.69 Å². The molecular formula is C10H11N5O2. The van der Waals surface area contributed by atoms with Gasteiger partial charge in [0.25, 0.3) is 0 Å². The Morgan fingerprint density at radius 3 is 3.12 bits per heavy atom. The van der Waals surface area contributed by atoms with Gasteiger partial charge in [0.05, 0.1) is 10.6 Å². The molecule has 0 aliphatic carbocycles. The van der Waals surface area contributed by atoms with E-state index in [1.54, 1.807) is 0 Å². The molecule has 3 rings (SSSR count). The Kier molecular flexibility index (Phi) is 2.08. The van der Waals surface area contributed by atoms with Crippen LogP contribution in [0.5, 0.6) is 0 Å². The molecule has 0 radical (unpaired) electrons. The minimum Gasteiger partial charge on any atom is -0.302 e. The second kappa shape index (κ2) is 3.49. The molecule has 17 heavy (non-hydrogen) atoms. The second-order valence-electron chi connectivity index (χ2n) is 4.25. The maximum Gasteiger partial charge on any atom is 0.305 e. The number of fused-ring (bicyclic) bond motifs is 3. The molecule has 0 N–H and O–H groups in total. The van der Waals surface area contributed by atoms with Crippen LogP contribution in [0.3, 0.4) is 0 Å². The largest absolute Gasteiger partial charge is 0.305 e. The van der Waals surface area contributed by atoms with Gasteiger partial charge in [0.2, 0.25) is 0 Å². The van der Waals surface area contributed by atoms with Crippen LogP contribution < -0.4 is 0 Å². The van der Waals surface area contributed by atoms with Gasteiger partial charge in [-0.2, -0.15) is 5.10 Å². The van der Waals surface area contributed by atoms with Crippen LogP contribution in [0.1, 0.15) is 11.3 Å². The van der Waals surface area contributed by atoms with Crippen LogP contribution in [0.15, 0.2) is 12.4 Å². The lowest BCUT2D eigenvalue weighted by Gasteiger charge is -2.20. The smallest absolute Gasteiger partial charge is 0.302 e. The normalized spacial score (nSPS) is 16.1. The SMILES string of the molecule is CN1CCc2nn3cc([N+](=O)[O-])cnc3c2C1. The quantitative estimate of drug-likeness (QED) is 0.533. The van der Waals surface area contributed by atoms with Gasteiger partial charge < -0.3 is 4.90 Å². The third-order valence-electron chi connectivity index (χ3n) is 3.01. The van der Waals surface area contributed by atoms with Crippen molar-refractivity contribution in [3.8, 4) is 0 Å². The first-order chi connectivity index (χ1) is 8.15. The van der Waals surface area contributed by atoms with E-state index >= 15 is 0 Å². The number of likely N-dealkylation sites (N-methyl/N-ethyl adjacent to an activating group) is 1. The molecule has 0 aromatic carbocycles. The molecule has 0 unspecified atom stereocenters. The van der Waals surface area contributed by atoms with Gasteiger partial charge in [-0.3, -0.25) is 10.1 Å². The average Bonchev–Trinajstić information content (AvgIpc) is 2.66. The van der Waals surface area contributed by atoms with Gasteiger partial charge >= 0.3 is 5.69 Å². The van der Waals surface area contributed by atoms with Gasteiger partial charge in [-0.15, -0.1) is 0 Å². The fourth-order valence-electron chi connectivity index (χ4n) is 2.12. The summed E-state index contributed by atoms with van der Waals surface area (Å²) >= 11 is 0. The van der Waals surface area contributed by atoms with Gasteiger partial charge in [-0.05, 0) is 7.05 Å². The minimum absolute atomic E-state index is 0.0364.